The van der Waals surface area contributed by atoms with Gasteiger partial charge in [-0.1, -0.05) is 65.2 Å². The lowest BCUT2D eigenvalue weighted by Crippen LogP contribution is -2.43. The standard InChI is InChI=1S/C21H41NO4/c1-18(2)14-12-10-8-6-7-9-11-13-15-21(25)26-19(16-20(23)24)17-22(3,4)5/h18-19H,6-17H2,1-5H3/p+1. The van der Waals surface area contributed by atoms with E-state index in [9.17, 15) is 9.59 Å². The number of hydrogen-bond acceptors (Lipinski definition) is 3. The van der Waals surface area contributed by atoms with E-state index < -0.39 is 12.1 Å². The van der Waals surface area contributed by atoms with Crippen LogP contribution in [0.1, 0.15) is 84.5 Å². The Morgan fingerprint density at radius 2 is 1.38 bits per heavy atom. The molecule has 0 saturated heterocycles. The highest BCUT2D eigenvalue weighted by atomic mass is 16.5. The van der Waals surface area contributed by atoms with Gasteiger partial charge in [0.05, 0.1) is 27.6 Å². The van der Waals surface area contributed by atoms with Crippen LogP contribution < -0.4 is 0 Å². The number of ether oxygens (including phenoxy) is 1. The number of carboxylic acid groups (broad SMARTS) is 1. The molecule has 0 bridgehead atoms. The van der Waals surface area contributed by atoms with Crippen molar-refractivity contribution >= 4 is 11.9 Å². The molecule has 0 saturated carbocycles. The topological polar surface area (TPSA) is 63.6 Å². The van der Waals surface area contributed by atoms with Crippen LogP contribution in [0.15, 0.2) is 0 Å². The molecule has 0 fully saturated rings. The molecule has 0 rings (SSSR count). The zero-order valence-electron chi connectivity index (χ0n) is 17.8. The Kier molecular flexibility index (Phi) is 13.4. The fourth-order valence-electron chi connectivity index (χ4n) is 3.08. The molecule has 0 aromatic heterocycles. The van der Waals surface area contributed by atoms with E-state index in [1.165, 1.54) is 38.5 Å². The molecule has 1 unspecified atom stereocenters. The van der Waals surface area contributed by atoms with Crippen molar-refractivity contribution < 1.29 is 23.9 Å². The molecule has 26 heavy (non-hydrogen) atoms. The summed E-state index contributed by atoms with van der Waals surface area (Å²) in [5, 5.41) is 8.97. The third kappa shape index (κ3) is 17.7. The number of likely N-dealkylation sites (N-methyl/N-ethyl adjacent to an activating group) is 1. The second-order valence-corrected chi connectivity index (χ2v) is 8.94. The number of quaternary nitrogens is 1. The number of carboxylic acids is 1. The summed E-state index contributed by atoms with van der Waals surface area (Å²) < 4.78 is 5.97. The Bertz CT molecular complexity index is 388. The van der Waals surface area contributed by atoms with E-state index in [4.69, 9.17) is 9.84 Å². The maximum atomic E-state index is 12.0. The highest BCUT2D eigenvalue weighted by Crippen LogP contribution is 2.14. The number of carbonyl (C=O) groups is 2. The first-order valence-electron chi connectivity index (χ1n) is 10.3. The summed E-state index contributed by atoms with van der Waals surface area (Å²) in [6.45, 7) is 5.06. The lowest BCUT2D eigenvalue weighted by atomic mass is 10.0. The predicted octanol–water partition coefficient (Wildman–Crippen LogP) is 4.64. The molecule has 0 aliphatic carbocycles. The van der Waals surface area contributed by atoms with Crippen molar-refractivity contribution in [3.8, 4) is 0 Å². The van der Waals surface area contributed by atoms with Gasteiger partial charge in [0.1, 0.15) is 6.54 Å². The maximum absolute atomic E-state index is 12.0. The van der Waals surface area contributed by atoms with Crippen LogP contribution in [-0.2, 0) is 14.3 Å². The van der Waals surface area contributed by atoms with Crippen molar-refractivity contribution in [1.29, 1.82) is 0 Å². The van der Waals surface area contributed by atoms with E-state index in [0.29, 0.717) is 17.4 Å². The van der Waals surface area contributed by atoms with E-state index in [2.05, 4.69) is 13.8 Å². The third-order valence-corrected chi connectivity index (χ3v) is 4.36. The molecule has 0 spiro atoms. The van der Waals surface area contributed by atoms with Crippen molar-refractivity contribution in [2.24, 2.45) is 5.92 Å². The largest absolute Gasteiger partial charge is 0.481 e. The van der Waals surface area contributed by atoms with Gasteiger partial charge in [0, 0.05) is 6.42 Å². The summed E-state index contributed by atoms with van der Waals surface area (Å²) in [5.41, 5.74) is 0. The molecule has 1 N–H and O–H groups in total. The quantitative estimate of drug-likeness (QED) is 0.244. The number of hydrogen-bond donors (Lipinski definition) is 1. The van der Waals surface area contributed by atoms with Crippen LogP contribution in [0.2, 0.25) is 0 Å². The van der Waals surface area contributed by atoms with E-state index in [-0.39, 0.29) is 12.4 Å². The first kappa shape index (κ1) is 24.9. The van der Waals surface area contributed by atoms with Crippen molar-refractivity contribution in [3.05, 3.63) is 0 Å². The van der Waals surface area contributed by atoms with Crippen molar-refractivity contribution in [2.45, 2.75) is 90.6 Å². The van der Waals surface area contributed by atoms with Gasteiger partial charge in [-0.05, 0) is 12.3 Å². The normalized spacial score (nSPS) is 13.0. The zero-order chi connectivity index (χ0) is 20.0. The molecule has 0 aliphatic heterocycles. The predicted molar refractivity (Wildman–Crippen MR) is 106 cm³/mol. The zero-order valence-corrected chi connectivity index (χ0v) is 17.8. The number of unbranched alkanes of at least 4 members (excludes halogenated alkanes) is 7. The average Bonchev–Trinajstić information content (AvgIpc) is 2.46. The first-order chi connectivity index (χ1) is 12.1. The SMILES string of the molecule is CC(C)CCCCCCCCCCC(=O)OC(CC(=O)O)C[N+](C)(C)C. The Balaban J connectivity index is 3.75. The molecule has 0 aromatic rings. The van der Waals surface area contributed by atoms with E-state index in [1.807, 2.05) is 21.1 Å². The second-order valence-electron chi connectivity index (χ2n) is 8.94. The number of rotatable bonds is 16. The Morgan fingerprint density at radius 3 is 1.85 bits per heavy atom. The van der Waals surface area contributed by atoms with Gasteiger partial charge in [-0.15, -0.1) is 0 Å². The average molecular weight is 373 g/mol. The van der Waals surface area contributed by atoms with Crippen molar-refractivity contribution in [1.82, 2.24) is 0 Å². The van der Waals surface area contributed by atoms with Crippen LogP contribution in [-0.4, -0.2) is 55.3 Å². The summed E-state index contributed by atoms with van der Waals surface area (Å²) >= 11 is 0. The van der Waals surface area contributed by atoms with Crippen molar-refractivity contribution in [3.63, 3.8) is 0 Å². The Morgan fingerprint density at radius 1 is 0.885 bits per heavy atom. The van der Waals surface area contributed by atoms with Crippen LogP contribution in [0, 0.1) is 5.92 Å². The summed E-state index contributed by atoms with van der Waals surface area (Å²) in [4.78, 5) is 22.9. The molecular formula is C21H42NO4+. The molecule has 0 heterocycles. The van der Waals surface area contributed by atoms with Crippen LogP contribution in [0.3, 0.4) is 0 Å². The minimum absolute atomic E-state index is 0.127. The number of nitrogens with zero attached hydrogens (tertiary/aromatic N) is 1. The highest BCUT2D eigenvalue weighted by molar-refractivity contribution is 5.71. The minimum atomic E-state index is -0.926. The third-order valence-electron chi connectivity index (χ3n) is 4.36. The first-order valence-corrected chi connectivity index (χ1v) is 10.3. The van der Waals surface area contributed by atoms with E-state index in [1.54, 1.807) is 0 Å². The van der Waals surface area contributed by atoms with Crippen LogP contribution in [0.4, 0.5) is 0 Å². The summed E-state index contributed by atoms with van der Waals surface area (Å²) in [7, 11) is 5.89. The fraction of sp³-hybridized carbons (Fsp3) is 0.905. The molecule has 5 heteroatoms. The van der Waals surface area contributed by atoms with Crippen LogP contribution in [0.25, 0.3) is 0 Å². The molecule has 154 valence electrons. The van der Waals surface area contributed by atoms with Gasteiger partial charge in [-0.25, -0.2) is 0 Å². The number of carbonyl (C=O) groups excluding carboxylic acids is 1. The molecule has 0 radical (unpaired) electrons. The Hall–Kier alpha value is -1.10. The number of esters is 1. The fourth-order valence-corrected chi connectivity index (χ4v) is 3.08. The molecule has 0 aliphatic rings. The summed E-state index contributed by atoms with van der Waals surface area (Å²) in [5.74, 6) is -0.379. The highest BCUT2D eigenvalue weighted by Gasteiger charge is 2.24. The van der Waals surface area contributed by atoms with Gasteiger partial charge in [0.25, 0.3) is 0 Å². The molecule has 0 aromatic carbocycles. The molecular weight excluding hydrogens is 330 g/mol. The van der Waals surface area contributed by atoms with Gasteiger partial charge in [0.2, 0.25) is 0 Å². The Labute approximate surface area is 160 Å². The van der Waals surface area contributed by atoms with Gasteiger partial charge in [0.15, 0.2) is 6.10 Å². The lowest BCUT2D eigenvalue weighted by molar-refractivity contribution is -0.873. The summed E-state index contributed by atoms with van der Waals surface area (Å²) in [6, 6.07) is 0. The number of aliphatic carboxylic acids is 1. The van der Waals surface area contributed by atoms with Gasteiger partial charge in [-0.3, -0.25) is 9.59 Å². The van der Waals surface area contributed by atoms with Gasteiger partial charge < -0.3 is 14.3 Å². The van der Waals surface area contributed by atoms with E-state index in [0.717, 1.165) is 25.2 Å². The van der Waals surface area contributed by atoms with Gasteiger partial charge >= 0.3 is 11.9 Å². The van der Waals surface area contributed by atoms with Gasteiger partial charge in [-0.2, -0.15) is 0 Å². The minimum Gasteiger partial charge on any atom is -0.481 e. The van der Waals surface area contributed by atoms with Crippen molar-refractivity contribution in [2.75, 3.05) is 27.7 Å². The molecule has 5 nitrogen and oxygen atoms in total. The molecule has 1 atom stereocenters. The smallest absolute Gasteiger partial charge is 0.307 e. The van der Waals surface area contributed by atoms with Crippen LogP contribution in [0.5, 0.6) is 0 Å². The molecule has 0 amide bonds. The second kappa shape index (κ2) is 14.0. The van der Waals surface area contributed by atoms with Crippen LogP contribution >= 0.6 is 0 Å². The monoisotopic (exact) mass is 372 g/mol. The lowest BCUT2D eigenvalue weighted by Gasteiger charge is -2.28. The van der Waals surface area contributed by atoms with E-state index >= 15 is 0 Å². The summed E-state index contributed by atoms with van der Waals surface area (Å²) in [6.07, 6.45) is 10.6. The maximum Gasteiger partial charge on any atom is 0.307 e.